The molecule has 106 valence electrons. The second kappa shape index (κ2) is 4.51. The third kappa shape index (κ3) is 3.05. The first-order valence-electron chi connectivity index (χ1n) is 6.58. The van der Waals surface area contributed by atoms with Crippen LogP contribution in [0.4, 0.5) is 4.79 Å². The molecule has 1 saturated heterocycles. The van der Waals surface area contributed by atoms with Crippen LogP contribution in [0.1, 0.15) is 46.5 Å². The minimum absolute atomic E-state index is 0.126. The Kier molecular flexibility index (Phi) is 3.28. The van der Waals surface area contributed by atoms with Gasteiger partial charge in [-0.3, -0.25) is 14.9 Å². The van der Waals surface area contributed by atoms with E-state index in [4.69, 9.17) is 4.74 Å². The number of nitrogens with one attached hydrogen (secondary N) is 2. The van der Waals surface area contributed by atoms with Gasteiger partial charge in [-0.05, 0) is 46.0 Å². The van der Waals surface area contributed by atoms with Crippen molar-refractivity contribution in [1.29, 1.82) is 0 Å². The number of amides is 3. The fourth-order valence-corrected chi connectivity index (χ4v) is 2.44. The number of imide groups is 1. The molecule has 0 aromatic carbocycles. The monoisotopic (exact) mass is 268 g/mol. The first-order chi connectivity index (χ1) is 8.73. The third-order valence-corrected chi connectivity index (χ3v) is 3.39. The lowest BCUT2D eigenvalue weighted by molar-refractivity contribution is -0.155. The summed E-state index contributed by atoms with van der Waals surface area (Å²) in [6.07, 6.45) is 2.23. The molecule has 0 bridgehead atoms. The van der Waals surface area contributed by atoms with Crippen molar-refractivity contribution in [3.05, 3.63) is 0 Å². The molecular formula is C13H20N2O4. The van der Waals surface area contributed by atoms with Gasteiger partial charge in [0.05, 0.1) is 0 Å². The zero-order valence-electron chi connectivity index (χ0n) is 11.5. The summed E-state index contributed by atoms with van der Waals surface area (Å²) in [5.41, 5.74) is -1.45. The Morgan fingerprint density at radius 3 is 2.42 bits per heavy atom. The lowest BCUT2D eigenvalue weighted by Crippen LogP contribution is -2.49. The highest BCUT2D eigenvalue weighted by Crippen LogP contribution is 2.43. The van der Waals surface area contributed by atoms with E-state index in [9.17, 15) is 14.4 Å². The minimum Gasteiger partial charge on any atom is -0.460 e. The van der Waals surface area contributed by atoms with Crippen LogP contribution in [-0.2, 0) is 14.3 Å². The normalized spacial score (nSPS) is 26.9. The SMILES string of the molecule is CC(C)(C)OC(=O)CCC1(C2CC2)NC(=O)NC1=O. The van der Waals surface area contributed by atoms with Gasteiger partial charge in [0.15, 0.2) is 0 Å². The Bertz CT molecular complexity index is 423. The van der Waals surface area contributed by atoms with Gasteiger partial charge >= 0.3 is 12.0 Å². The molecule has 2 N–H and O–H groups in total. The maximum atomic E-state index is 11.9. The predicted molar refractivity (Wildman–Crippen MR) is 67.2 cm³/mol. The lowest BCUT2D eigenvalue weighted by Gasteiger charge is -2.26. The van der Waals surface area contributed by atoms with Gasteiger partial charge in [0.25, 0.3) is 5.91 Å². The van der Waals surface area contributed by atoms with Crippen molar-refractivity contribution in [1.82, 2.24) is 10.6 Å². The van der Waals surface area contributed by atoms with Crippen molar-refractivity contribution in [3.63, 3.8) is 0 Å². The van der Waals surface area contributed by atoms with E-state index in [0.29, 0.717) is 6.42 Å². The summed E-state index contributed by atoms with van der Waals surface area (Å²) in [7, 11) is 0. The van der Waals surface area contributed by atoms with Crippen LogP contribution in [0.15, 0.2) is 0 Å². The summed E-state index contributed by atoms with van der Waals surface area (Å²) < 4.78 is 5.22. The highest BCUT2D eigenvalue weighted by atomic mass is 16.6. The third-order valence-electron chi connectivity index (χ3n) is 3.39. The number of carbonyl (C=O) groups is 3. The van der Waals surface area contributed by atoms with Crippen LogP contribution < -0.4 is 10.6 Å². The number of esters is 1. The Morgan fingerprint density at radius 1 is 1.37 bits per heavy atom. The maximum absolute atomic E-state index is 11.9. The fourth-order valence-electron chi connectivity index (χ4n) is 2.44. The number of ether oxygens (including phenoxy) is 1. The van der Waals surface area contributed by atoms with Gasteiger partial charge in [0.2, 0.25) is 0 Å². The maximum Gasteiger partial charge on any atom is 0.322 e. The van der Waals surface area contributed by atoms with Gasteiger partial charge < -0.3 is 10.1 Å². The average molecular weight is 268 g/mol. The molecule has 2 rings (SSSR count). The molecule has 6 nitrogen and oxygen atoms in total. The zero-order chi connectivity index (χ0) is 14.3. The molecule has 1 aliphatic carbocycles. The second-order valence-corrected chi connectivity index (χ2v) is 6.24. The van der Waals surface area contributed by atoms with Crippen molar-refractivity contribution in [3.8, 4) is 0 Å². The summed E-state index contributed by atoms with van der Waals surface area (Å²) in [6, 6.07) is -0.471. The molecule has 0 spiro atoms. The van der Waals surface area contributed by atoms with Crippen molar-refractivity contribution in [2.24, 2.45) is 5.92 Å². The van der Waals surface area contributed by atoms with Crippen LogP contribution in [0, 0.1) is 5.92 Å². The smallest absolute Gasteiger partial charge is 0.322 e. The fraction of sp³-hybridized carbons (Fsp3) is 0.769. The highest BCUT2D eigenvalue weighted by Gasteiger charge is 2.55. The molecule has 0 aromatic heterocycles. The van der Waals surface area contributed by atoms with E-state index < -0.39 is 17.2 Å². The van der Waals surface area contributed by atoms with Crippen molar-refractivity contribution >= 4 is 17.9 Å². The van der Waals surface area contributed by atoms with Crippen LogP contribution in [0.3, 0.4) is 0 Å². The second-order valence-electron chi connectivity index (χ2n) is 6.24. The van der Waals surface area contributed by atoms with Gasteiger partial charge in [-0.15, -0.1) is 0 Å². The van der Waals surface area contributed by atoms with E-state index in [1.807, 2.05) is 0 Å². The van der Waals surface area contributed by atoms with E-state index in [0.717, 1.165) is 12.8 Å². The quantitative estimate of drug-likeness (QED) is 0.590. The van der Waals surface area contributed by atoms with Crippen molar-refractivity contribution in [2.45, 2.75) is 57.6 Å². The van der Waals surface area contributed by atoms with Crippen molar-refractivity contribution in [2.75, 3.05) is 0 Å². The van der Waals surface area contributed by atoms with Gasteiger partial charge in [0.1, 0.15) is 11.1 Å². The summed E-state index contributed by atoms with van der Waals surface area (Å²) in [5, 5.41) is 4.95. The first kappa shape index (κ1) is 13.8. The predicted octanol–water partition coefficient (Wildman–Crippen LogP) is 1.10. The highest BCUT2D eigenvalue weighted by molar-refractivity contribution is 6.07. The van der Waals surface area contributed by atoms with E-state index in [1.54, 1.807) is 20.8 Å². The molecule has 2 aliphatic rings. The number of rotatable bonds is 4. The molecule has 2 fully saturated rings. The molecule has 1 aliphatic heterocycles. The molecule has 1 atom stereocenters. The Balaban J connectivity index is 1.97. The van der Waals surface area contributed by atoms with Gasteiger partial charge in [0, 0.05) is 6.42 Å². The Labute approximate surface area is 112 Å². The summed E-state index contributed by atoms with van der Waals surface area (Å²) in [6.45, 7) is 5.39. The number of carbonyl (C=O) groups excluding carboxylic acids is 3. The molecular weight excluding hydrogens is 248 g/mol. The standard InChI is InChI=1S/C13H20N2O4/c1-12(2,3)19-9(16)6-7-13(8-4-5-8)10(17)14-11(18)15-13/h8H,4-7H2,1-3H3,(H2,14,15,17,18). The zero-order valence-corrected chi connectivity index (χ0v) is 11.5. The van der Waals surface area contributed by atoms with E-state index in [2.05, 4.69) is 10.6 Å². The van der Waals surface area contributed by atoms with Crippen LogP contribution in [0.2, 0.25) is 0 Å². The lowest BCUT2D eigenvalue weighted by atomic mass is 9.88. The Hall–Kier alpha value is -1.59. The topological polar surface area (TPSA) is 84.5 Å². The number of urea groups is 1. The molecule has 1 saturated carbocycles. The van der Waals surface area contributed by atoms with Gasteiger partial charge in [-0.1, -0.05) is 0 Å². The van der Waals surface area contributed by atoms with E-state index in [-0.39, 0.29) is 24.2 Å². The minimum atomic E-state index is -0.909. The average Bonchev–Trinajstić information content (AvgIpc) is 3.01. The summed E-state index contributed by atoms with van der Waals surface area (Å²) in [5.74, 6) is -0.522. The van der Waals surface area contributed by atoms with Gasteiger partial charge in [-0.2, -0.15) is 0 Å². The van der Waals surface area contributed by atoms with Crippen LogP contribution in [-0.4, -0.2) is 29.0 Å². The van der Waals surface area contributed by atoms with Crippen LogP contribution in [0.25, 0.3) is 0 Å². The molecule has 1 unspecified atom stereocenters. The van der Waals surface area contributed by atoms with E-state index >= 15 is 0 Å². The molecule has 3 amide bonds. The Morgan fingerprint density at radius 2 is 2.00 bits per heavy atom. The van der Waals surface area contributed by atoms with Crippen LogP contribution >= 0.6 is 0 Å². The summed E-state index contributed by atoms with van der Waals surface area (Å²) in [4.78, 5) is 35.0. The van der Waals surface area contributed by atoms with Crippen molar-refractivity contribution < 1.29 is 19.1 Å². The molecule has 0 aromatic rings. The molecule has 19 heavy (non-hydrogen) atoms. The largest absolute Gasteiger partial charge is 0.460 e. The van der Waals surface area contributed by atoms with Crippen LogP contribution in [0.5, 0.6) is 0 Å². The number of hydrogen-bond acceptors (Lipinski definition) is 4. The van der Waals surface area contributed by atoms with E-state index in [1.165, 1.54) is 0 Å². The first-order valence-corrected chi connectivity index (χ1v) is 6.58. The molecule has 6 heteroatoms. The molecule has 0 radical (unpaired) electrons. The number of hydrogen-bond donors (Lipinski definition) is 2. The molecule has 1 heterocycles. The van der Waals surface area contributed by atoms with Gasteiger partial charge in [-0.25, -0.2) is 4.79 Å². The summed E-state index contributed by atoms with van der Waals surface area (Å²) >= 11 is 0.